The minimum absolute atomic E-state index is 0.0684. The molecular weight excluding hydrogens is 937 g/mol. The summed E-state index contributed by atoms with van der Waals surface area (Å²) in [5, 5.41) is 0. The Balaban J connectivity index is 4.31. The Bertz CT molecular complexity index is 1230. The molecule has 0 heterocycles. The van der Waals surface area contributed by atoms with Crippen molar-refractivity contribution in [1.82, 2.24) is 0 Å². The summed E-state index contributed by atoms with van der Waals surface area (Å²) in [6, 6.07) is 0. The molecule has 0 aromatic rings. The molecule has 0 aliphatic heterocycles. The molecule has 0 saturated carbocycles. The molecule has 6 heteroatoms. The van der Waals surface area contributed by atoms with Crippen molar-refractivity contribution in [3.05, 3.63) is 24.3 Å². The molecule has 0 radical (unpaired) electrons. The van der Waals surface area contributed by atoms with Gasteiger partial charge in [0, 0.05) is 19.3 Å². The molecule has 76 heavy (non-hydrogen) atoms. The zero-order chi connectivity index (χ0) is 55.0. The van der Waals surface area contributed by atoms with Crippen molar-refractivity contribution in [3.8, 4) is 0 Å². The number of hydrogen-bond donors (Lipinski definition) is 0. The van der Waals surface area contributed by atoms with Gasteiger partial charge in [0.1, 0.15) is 13.2 Å². The zero-order valence-corrected chi connectivity index (χ0v) is 51.6. The summed E-state index contributed by atoms with van der Waals surface area (Å²) in [7, 11) is 0. The highest BCUT2D eigenvalue weighted by Gasteiger charge is 2.19. The number of carbonyl (C=O) groups is 3. The van der Waals surface area contributed by atoms with Crippen molar-refractivity contribution in [2.45, 2.75) is 393 Å². The van der Waals surface area contributed by atoms with Gasteiger partial charge in [-0.3, -0.25) is 14.4 Å². The van der Waals surface area contributed by atoms with Gasteiger partial charge in [0.05, 0.1) is 0 Å². The van der Waals surface area contributed by atoms with E-state index < -0.39 is 6.10 Å². The molecule has 0 fully saturated rings. The van der Waals surface area contributed by atoms with Gasteiger partial charge in [0.25, 0.3) is 0 Å². The quantitative estimate of drug-likeness (QED) is 0.0261. The summed E-state index contributed by atoms with van der Waals surface area (Å²) in [4.78, 5) is 38.4. The van der Waals surface area contributed by atoms with Crippen LogP contribution in [0.15, 0.2) is 24.3 Å². The highest BCUT2D eigenvalue weighted by molar-refractivity contribution is 5.71. The Morgan fingerprint density at radius 1 is 0.250 bits per heavy atom. The molecule has 1 atom stereocenters. The molecule has 0 aliphatic carbocycles. The first-order valence-electron chi connectivity index (χ1n) is 34.3. The maximum atomic E-state index is 12.9. The van der Waals surface area contributed by atoms with E-state index in [2.05, 4.69) is 45.1 Å². The molecule has 1 unspecified atom stereocenters. The van der Waals surface area contributed by atoms with Crippen LogP contribution in [0, 0.1) is 0 Å². The van der Waals surface area contributed by atoms with Crippen molar-refractivity contribution in [2.24, 2.45) is 0 Å². The van der Waals surface area contributed by atoms with E-state index in [0.717, 1.165) is 57.8 Å². The average molecular weight is 1070 g/mol. The second-order valence-electron chi connectivity index (χ2n) is 23.4. The summed E-state index contributed by atoms with van der Waals surface area (Å²) >= 11 is 0. The molecule has 0 bridgehead atoms. The number of allylic oxidation sites excluding steroid dienone is 4. The molecule has 0 N–H and O–H groups in total. The number of esters is 3. The van der Waals surface area contributed by atoms with Crippen molar-refractivity contribution in [1.29, 1.82) is 0 Å². The van der Waals surface area contributed by atoms with Gasteiger partial charge in [-0.25, -0.2) is 0 Å². The molecular formula is C70H132O6. The fourth-order valence-corrected chi connectivity index (χ4v) is 10.5. The molecule has 448 valence electrons. The van der Waals surface area contributed by atoms with E-state index in [9.17, 15) is 14.4 Å². The van der Waals surface area contributed by atoms with Crippen LogP contribution in [0.3, 0.4) is 0 Å². The van der Waals surface area contributed by atoms with Crippen LogP contribution in [0.4, 0.5) is 0 Å². The molecule has 0 saturated heterocycles. The Morgan fingerprint density at radius 3 is 0.658 bits per heavy atom. The lowest BCUT2D eigenvalue weighted by Gasteiger charge is -2.18. The molecule has 0 aromatic carbocycles. The van der Waals surface area contributed by atoms with Crippen molar-refractivity contribution >= 4 is 17.9 Å². The summed E-state index contributed by atoms with van der Waals surface area (Å²) in [5.41, 5.74) is 0. The molecule has 0 aromatic heterocycles. The van der Waals surface area contributed by atoms with Crippen LogP contribution in [-0.2, 0) is 28.6 Å². The monoisotopic (exact) mass is 1070 g/mol. The minimum Gasteiger partial charge on any atom is -0.462 e. The van der Waals surface area contributed by atoms with Gasteiger partial charge in [-0.15, -0.1) is 0 Å². The largest absolute Gasteiger partial charge is 0.462 e. The molecule has 6 nitrogen and oxygen atoms in total. The summed E-state index contributed by atoms with van der Waals surface area (Å²) < 4.78 is 17.0. The van der Waals surface area contributed by atoms with E-state index in [4.69, 9.17) is 14.2 Å². The Morgan fingerprint density at radius 2 is 0.434 bits per heavy atom. The van der Waals surface area contributed by atoms with E-state index in [1.54, 1.807) is 0 Å². The standard InChI is InChI=1S/C70H132O6/c1-4-7-10-13-16-19-22-25-28-31-33-35-37-39-42-45-48-51-54-57-60-63-69(72)75-66-67(65-74-68(71)62-59-56-53-50-47-44-41-38-30-27-24-21-18-15-12-9-6-3)76-70(73)64-61-58-55-52-49-46-43-40-36-34-32-29-26-23-20-17-14-11-8-5-2/h27,30-31,33,67H,4-26,28-29,32,34-66H2,1-3H3/b30-27-,33-31-. The van der Waals surface area contributed by atoms with Crippen molar-refractivity contribution < 1.29 is 28.6 Å². The first-order valence-corrected chi connectivity index (χ1v) is 34.3. The summed E-state index contributed by atoms with van der Waals surface area (Å²) in [6.07, 6.45) is 79.1. The van der Waals surface area contributed by atoms with Crippen LogP contribution in [0.2, 0.25) is 0 Å². The van der Waals surface area contributed by atoms with Crippen LogP contribution < -0.4 is 0 Å². The van der Waals surface area contributed by atoms with Gasteiger partial charge in [-0.2, -0.15) is 0 Å². The van der Waals surface area contributed by atoms with Gasteiger partial charge < -0.3 is 14.2 Å². The van der Waals surface area contributed by atoms with Crippen molar-refractivity contribution in [3.63, 3.8) is 0 Å². The van der Waals surface area contributed by atoms with Crippen LogP contribution in [-0.4, -0.2) is 37.2 Å². The summed E-state index contributed by atoms with van der Waals surface area (Å²) in [5.74, 6) is -0.843. The predicted molar refractivity (Wildman–Crippen MR) is 330 cm³/mol. The number of rotatable bonds is 64. The predicted octanol–water partition coefficient (Wildman–Crippen LogP) is 23.4. The van der Waals surface area contributed by atoms with Gasteiger partial charge in [0.2, 0.25) is 0 Å². The topological polar surface area (TPSA) is 78.9 Å². The third kappa shape index (κ3) is 62.7. The Hall–Kier alpha value is -2.11. The van der Waals surface area contributed by atoms with Crippen LogP contribution >= 0.6 is 0 Å². The van der Waals surface area contributed by atoms with Gasteiger partial charge in [-0.05, 0) is 70.6 Å². The Kier molecular flexibility index (Phi) is 63.6. The van der Waals surface area contributed by atoms with E-state index in [0.29, 0.717) is 19.3 Å². The average Bonchev–Trinajstić information content (AvgIpc) is 3.42. The molecule has 0 amide bonds. The number of unbranched alkanes of at least 4 members (excludes halogenated alkanes) is 49. The normalized spacial score (nSPS) is 12.1. The smallest absolute Gasteiger partial charge is 0.306 e. The molecule has 0 aliphatic rings. The van der Waals surface area contributed by atoms with Gasteiger partial charge >= 0.3 is 17.9 Å². The zero-order valence-electron chi connectivity index (χ0n) is 51.6. The maximum Gasteiger partial charge on any atom is 0.306 e. The lowest BCUT2D eigenvalue weighted by molar-refractivity contribution is -0.167. The number of ether oxygens (including phenoxy) is 3. The SMILES string of the molecule is CCCCCCCC/C=C\CCCCCCCCCC(=O)OCC(COC(=O)CCCCCCCCCCC/C=C\CCCCCCCCCC)OC(=O)CCCCCCCCCCCCCCCCCCCCCC. The van der Waals surface area contributed by atoms with Crippen molar-refractivity contribution in [2.75, 3.05) is 13.2 Å². The highest BCUT2D eigenvalue weighted by atomic mass is 16.6. The molecule has 0 rings (SSSR count). The van der Waals surface area contributed by atoms with E-state index in [1.807, 2.05) is 0 Å². The van der Waals surface area contributed by atoms with Crippen LogP contribution in [0.1, 0.15) is 387 Å². The fraction of sp³-hybridized carbons (Fsp3) is 0.900. The highest BCUT2D eigenvalue weighted by Crippen LogP contribution is 2.18. The summed E-state index contributed by atoms with van der Waals surface area (Å²) in [6.45, 7) is 6.71. The lowest BCUT2D eigenvalue weighted by Crippen LogP contribution is -2.30. The van der Waals surface area contributed by atoms with Gasteiger partial charge in [0.15, 0.2) is 6.10 Å². The Labute approximate surface area is 474 Å². The third-order valence-electron chi connectivity index (χ3n) is 15.7. The molecule has 0 spiro atoms. The second kappa shape index (κ2) is 65.4. The van der Waals surface area contributed by atoms with E-state index in [-0.39, 0.29) is 31.1 Å². The van der Waals surface area contributed by atoms with Gasteiger partial charge in [-0.1, -0.05) is 321 Å². The third-order valence-corrected chi connectivity index (χ3v) is 15.7. The van der Waals surface area contributed by atoms with E-state index >= 15 is 0 Å². The number of carbonyl (C=O) groups excluding carboxylic acids is 3. The second-order valence-corrected chi connectivity index (χ2v) is 23.4. The fourth-order valence-electron chi connectivity index (χ4n) is 10.5. The van der Waals surface area contributed by atoms with E-state index in [1.165, 1.54) is 289 Å². The first-order chi connectivity index (χ1) is 37.5. The number of hydrogen-bond acceptors (Lipinski definition) is 6. The van der Waals surface area contributed by atoms with Crippen LogP contribution in [0.25, 0.3) is 0 Å². The maximum absolute atomic E-state index is 12.9. The minimum atomic E-state index is -0.772. The van der Waals surface area contributed by atoms with Crippen LogP contribution in [0.5, 0.6) is 0 Å². The lowest BCUT2D eigenvalue weighted by atomic mass is 10.0. The first kappa shape index (κ1) is 73.9.